The molecule has 2 rings (SSSR count). The number of anilines is 1. The number of rotatable bonds is 13. The highest BCUT2D eigenvalue weighted by Crippen LogP contribution is 2.23. The third-order valence-electron chi connectivity index (χ3n) is 5.40. The summed E-state index contributed by atoms with van der Waals surface area (Å²) in [6, 6.07) is 16.6. The molecule has 0 radical (unpaired) electrons. The number of methoxy groups -OCH3 is 1. The van der Waals surface area contributed by atoms with Gasteiger partial charge in [-0.3, -0.25) is 19.6 Å². The Hall–Kier alpha value is -3.04. The summed E-state index contributed by atoms with van der Waals surface area (Å²) in [7, 11) is 3.28. The maximum atomic E-state index is 12.8. The van der Waals surface area contributed by atoms with Gasteiger partial charge in [0.05, 0.1) is 13.0 Å². The molecular weight excluding hydrogens is 466 g/mol. The van der Waals surface area contributed by atoms with Crippen LogP contribution in [0, 0.1) is 11.8 Å². The van der Waals surface area contributed by atoms with Crippen LogP contribution in [-0.4, -0.2) is 54.6 Å². The second-order valence-corrected chi connectivity index (χ2v) is 9.62. The minimum absolute atomic E-state index is 0.0432. The molecule has 2 N–H and O–H groups in total. The summed E-state index contributed by atoms with van der Waals surface area (Å²) in [5.41, 5.74) is 0.780. The molecule has 35 heavy (non-hydrogen) atoms. The molecule has 190 valence electrons. The smallest absolute Gasteiger partial charge is 0.247 e. The number of hydrogen-bond acceptors (Lipinski definition) is 6. The fraction of sp³-hybridized carbons (Fsp3) is 0.423. The summed E-state index contributed by atoms with van der Waals surface area (Å²) in [6.45, 7) is 4.12. The maximum absolute atomic E-state index is 12.8. The van der Waals surface area contributed by atoms with Gasteiger partial charge in [0.1, 0.15) is 5.75 Å². The third kappa shape index (κ3) is 9.62. The van der Waals surface area contributed by atoms with Crippen LogP contribution in [0.2, 0.25) is 0 Å². The van der Waals surface area contributed by atoms with Crippen LogP contribution in [0.5, 0.6) is 5.75 Å². The zero-order valence-corrected chi connectivity index (χ0v) is 21.6. The first-order valence-corrected chi connectivity index (χ1v) is 12.5. The van der Waals surface area contributed by atoms with E-state index in [1.807, 2.05) is 56.3 Å². The summed E-state index contributed by atoms with van der Waals surface area (Å²) in [6.07, 6.45) is 0.528. The second kappa shape index (κ2) is 14.4. The average Bonchev–Trinajstić information content (AvgIpc) is 2.86. The molecule has 0 saturated carbocycles. The number of benzene rings is 2. The van der Waals surface area contributed by atoms with Crippen LogP contribution in [0.25, 0.3) is 0 Å². The Morgan fingerprint density at radius 3 is 2.29 bits per heavy atom. The van der Waals surface area contributed by atoms with E-state index in [2.05, 4.69) is 5.32 Å². The summed E-state index contributed by atoms with van der Waals surface area (Å²) in [4.78, 5) is 40.2. The van der Waals surface area contributed by atoms with Crippen molar-refractivity contribution in [3.05, 3.63) is 54.6 Å². The number of hydrogen-bond donors (Lipinski definition) is 2. The molecule has 3 amide bonds. The Kier molecular flexibility index (Phi) is 11.6. The van der Waals surface area contributed by atoms with Crippen molar-refractivity contribution in [1.29, 1.82) is 0 Å². The van der Waals surface area contributed by atoms with Crippen molar-refractivity contribution in [2.24, 2.45) is 11.8 Å². The molecule has 9 heteroatoms. The second-order valence-electron chi connectivity index (χ2n) is 8.60. The highest BCUT2D eigenvalue weighted by molar-refractivity contribution is 7.99. The quantitative estimate of drug-likeness (QED) is 0.185. The number of para-hydroxylation sites is 1. The number of carbonyl (C=O) groups is 3. The summed E-state index contributed by atoms with van der Waals surface area (Å²) < 4.78 is 5.12. The van der Waals surface area contributed by atoms with Gasteiger partial charge in [0.25, 0.3) is 0 Å². The maximum Gasteiger partial charge on any atom is 0.247 e. The highest BCUT2D eigenvalue weighted by atomic mass is 32.2. The van der Waals surface area contributed by atoms with Gasteiger partial charge in [0, 0.05) is 42.9 Å². The molecule has 8 nitrogen and oxygen atoms in total. The summed E-state index contributed by atoms with van der Waals surface area (Å²) >= 11 is 1.30. The van der Waals surface area contributed by atoms with Crippen LogP contribution in [0.1, 0.15) is 33.1 Å². The molecule has 0 aliphatic rings. The zero-order chi connectivity index (χ0) is 25.8. The number of carbonyl (C=O) groups excluding carboxylic acids is 3. The van der Waals surface area contributed by atoms with E-state index in [-0.39, 0.29) is 43.0 Å². The SMILES string of the molecule is COc1ccc(SCN(O)C(=O)C[C@@H](CC(C)C)C(=O)NCCC(=O)N(C)c2ccccc2)cc1. The van der Waals surface area contributed by atoms with Gasteiger partial charge in [0.2, 0.25) is 17.7 Å². The third-order valence-corrected chi connectivity index (χ3v) is 6.38. The van der Waals surface area contributed by atoms with Crippen molar-refractivity contribution in [3.8, 4) is 5.75 Å². The van der Waals surface area contributed by atoms with E-state index < -0.39 is 11.8 Å². The predicted octanol–water partition coefficient (Wildman–Crippen LogP) is 4.18. The lowest BCUT2D eigenvalue weighted by atomic mass is 9.93. The molecule has 1 atom stereocenters. The van der Waals surface area contributed by atoms with E-state index in [0.717, 1.165) is 16.3 Å². The molecule has 0 aliphatic carbocycles. The molecule has 2 aromatic carbocycles. The van der Waals surface area contributed by atoms with Crippen LogP contribution in [0.4, 0.5) is 5.69 Å². The number of thioether (sulfide) groups is 1. The normalized spacial score (nSPS) is 11.6. The fourth-order valence-electron chi connectivity index (χ4n) is 3.45. The fourth-order valence-corrected chi connectivity index (χ4v) is 4.19. The molecule has 0 bridgehead atoms. The molecule has 0 saturated heterocycles. The lowest BCUT2D eigenvalue weighted by Gasteiger charge is -2.22. The van der Waals surface area contributed by atoms with E-state index >= 15 is 0 Å². The van der Waals surface area contributed by atoms with Crippen LogP contribution in [0.15, 0.2) is 59.5 Å². The Balaban J connectivity index is 1.84. The Bertz CT molecular complexity index is 953. The van der Waals surface area contributed by atoms with E-state index in [0.29, 0.717) is 11.5 Å². The van der Waals surface area contributed by atoms with Crippen LogP contribution < -0.4 is 15.0 Å². The average molecular weight is 502 g/mol. The van der Waals surface area contributed by atoms with Gasteiger partial charge in [-0.2, -0.15) is 0 Å². The first-order chi connectivity index (χ1) is 16.7. The van der Waals surface area contributed by atoms with Gasteiger partial charge < -0.3 is 15.0 Å². The summed E-state index contributed by atoms with van der Waals surface area (Å²) in [5.74, 6) is -0.575. The first kappa shape index (κ1) is 28.2. The van der Waals surface area contributed by atoms with Crippen molar-refractivity contribution in [2.75, 3.05) is 31.5 Å². The predicted molar refractivity (Wildman–Crippen MR) is 137 cm³/mol. The van der Waals surface area contributed by atoms with Gasteiger partial charge in [-0.05, 0) is 48.7 Å². The largest absolute Gasteiger partial charge is 0.497 e. The molecular formula is C26H35N3O5S. The minimum Gasteiger partial charge on any atom is -0.497 e. The molecule has 0 aliphatic heterocycles. The lowest BCUT2D eigenvalue weighted by molar-refractivity contribution is -0.163. The Morgan fingerprint density at radius 1 is 1.03 bits per heavy atom. The number of nitrogens with one attached hydrogen (secondary N) is 1. The molecule has 2 aromatic rings. The van der Waals surface area contributed by atoms with Crippen molar-refractivity contribution in [3.63, 3.8) is 0 Å². The van der Waals surface area contributed by atoms with Gasteiger partial charge >= 0.3 is 0 Å². The number of hydroxylamine groups is 2. The molecule has 0 unspecified atom stereocenters. The van der Waals surface area contributed by atoms with Crippen molar-refractivity contribution >= 4 is 35.2 Å². The minimum atomic E-state index is -0.593. The Morgan fingerprint density at radius 2 is 1.69 bits per heavy atom. The topological polar surface area (TPSA) is 99.2 Å². The van der Waals surface area contributed by atoms with E-state index in [9.17, 15) is 19.6 Å². The first-order valence-electron chi connectivity index (χ1n) is 11.6. The lowest BCUT2D eigenvalue weighted by Crippen LogP contribution is -2.38. The summed E-state index contributed by atoms with van der Waals surface area (Å²) in [5, 5.41) is 13.6. The van der Waals surface area contributed by atoms with Gasteiger partial charge in [-0.1, -0.05) is 32.0 Å². The van der Waals surface area contributed by atoms with Crippen molar-refractivity contribution in [2.45, 2.75) is 38.0 Å². The van der Waals surface area contributed by atoms with E-state index in [4.69, 9.17) is 4.74 Å². The standard InChI is InChI=1S/C26H35N3O5S/c1-19(2)16-20(17-25(31)29(33)18-35-23-12-10-22(34-4)11-13-23)26(32)27-15-14-24(30)28(3)21-8-6-5-7-9-21/h5-13,19-20,33H,14-18H2,1-4H3,(H,27,32)/t20-/m1/s1. The van der Waals surface area contributed by atoms with Crippen molar-refractivity contribution in [1.82, 2.24) is 10.4 Å². The van der Waals surface area contributed by atoms with Crippen LogP contribution in [-0.2, 0) is 14.4 Å². The molecule has 0 spiro atoms. The molecule has 0 heterocycles. The number of amides is 3. The van der Waals surface area contributed by atoms with Gasteiger partial charge in [-0.15, -0.1) is 11.8 Å². The van der Waals surface area contributed by atoms with Crippen LogP contribution in [0.3, 0.4) is 0 Å². The van der Waals surface area contributed by atoms with Gasteiger partial charge in [-0.25, -0.2) is 5.06 Å². The van der Waals surface area contributed by atoms with E-state index in [1.54, 1.807) is 31.2 Å². The van der Waals surface area contributed by atoms with E-state index in [1.165, 1.54) is 11.8 Å². The number of ether oxygens (including phenoxy) is 1. The molecule has 0 aromatic heterocycles. The van der Waals surface area contributed by atoms with Gasteiger partial charge in [0.15, 0.2) is 0 Å². The molecule has 0 fully saturated rings. The number of nitrogens with zero attached hydrogens (tertiary/aromatic N) is 2. The van der Waals surface area contributed by atoms with Crippen LogP contribution >= 0.6 is 11.8 Å². The highest BCUT2D eigenvalue weighted by Gasteiger charge is 2.25. The zero-order valence-electron chi connectivity index (χ0n) is 20.8. The monoisotopic (exact) mass is 501 g/mol. The van der Waals surface area contributed by atoms with Crippen molar-refractivity contribution < 1.29 is 24.3 Å². The Labute approximate surface area is 211 Å².